The van der Waals surface area contributed by atoms with E-state index >= 15 is 0 Å². The van der Waals surface area contributed by atoms with Crippen molar-refractivity contribution in [3.05, 3.63) is 54.7 Å². The molecule has 0 heterocycles. The van der Waals surface area contributed by atoms with Gasteiger partial charge in [-0.3, -0.25) is 0 Å². The maximum atomic E-state index is 11.9. The maximum absolute atomic E-state index is 11.9. The van der Waals surface area contributed by atoms with Crippen molar-refractivity contribution in [2.45, 2.75) is 0 Å². The van der Waals surface area contributed by atoms with E-state index in [4.69, 9.17) is 17.3 Å². The Morgan fingerprint density at radius 3 is 2.68 bits per heavy atom. The Kier molecular flexibility index (Phi) is 5.75. The molecule has 0 bridgehead atoms. The van der Waals surface area contributed by atoms with Gasteiger partial charge in [-0.1, -0.05) is 49.7 Å². The predicted octanol–water partition coefficient (Wildman–Crippen LogP) is 3.63. The van der Waals surface area contributed by atoms with Gasteiger partial charge >= 0.3 is 0 Å². The van der Waals surface area contributed by atoms with Crippen LogP contribution in [0.3, 0.4) is 0 Å². The van der Waals surface area contributed by atoms with Crippen molar-refractivity contribution < 1.29 is 9.50 Å². The Morgan fingerprint density at radius 1 is 1.37 bits per heavy atom. The van der Waals surface area contributed by atoms with E-state index in [2.05, 4.69) is 23.8 Å². The van der Waals surface area contributed by atoms with Crippen LogP contribution in [0.15, 0.2) is 43.6 Å². The van der Waals surface area contributed by atoms with Crippen LogP contribution in [0.5, 0.6) is 0 Å². The summed E-state index contributed by atoms with van der Waals surface area (Å²) in [6.07, 6.45) is 3.49. The van der Waals surface area contributed by atoms with E-state index in [1.807, 2.05) is 18.2 Å². The van der Waals surface area contributed by atoms with E-state index in [0.717, 1.165) is 16.8 Å². The molecular formula is C14H15FN2OS. The Hall–Kier alpha value is -2.14. The predicted molar refractivity (Wildman–Crippen MR) is 82.7 cm³/mol. The molecule has 5 heteroatoms. The highest BCUT2D eigenvalue weighted by atomic mass is 32.1. The Balaban J connectivity index is 2.79. The number of aliphatic hydroxyl groups is 1. The third kappa shape index (κ3) is 4.22. The van der Waals surface area contributed by atoms with E-state index in [-0.39, 0.29) is 12.9 Å². The normalized spacial score (nSPS) is 10.7. The van der Waals surface area contributed by atoms with E-state index in [1.165, 1.54) is 0 Å². The van der Waals surface area contributed by atoms with Crippen LogP contribution in [0.25, 0.3) is 12.2 Å². The Labute approximate surface area is 117 Å². The molecule has 3 N–H and O–H groups in total. The van der Waals surface area contributed by atoms with Gasteiger partial charge in [0.25, 0.3) is 0 Å². The molecule has 3 nitrogen and oxygen atoms in total. The van der Waals surface area contributed by atoms with Gasteiger partial charge in [0.2, 0.25) is 5.88 Å². The third-order valence-corrected chi connectivity index (χ3v) is 2.62. The number of aliphatic hydroxyl groups excluding tert-OH is 1. The molecule has 0 saturated carbocycles. The fourth-order valence-corrected chi connectivity index (χ4v) is 1.68. The van der Waals surface area contributed by atoms with Gasteiger partial charge in [0.05, 0.1) is 11.5 Å². The molecule has 1 aromatic carbocycles. The van der Waals surface area contributed by atoms with Gasteiger partial charge in [-0.05, 0) is 11.6 Å². The zero-order valence-corrected chi connectivity index (χ0v) is 11.1. The molecule has 1 rings (SSSR count). The largest absolute Gasteiger partial charge is 0.493 e. The van der Waals surface area contributed by atoms with Gasteiger partial charge in [0.1, 0.15) is 6.33 Å². The van der Waals surface area contributed by atoms with Crippen molar-refractivity contribution in [1.82, 2.24) is 5.32 Å². The first-order valence-electron chi connectivity index (χ1n) is 5.53. The van der Waals surface area contributed by atoms with Gasteiger partial charge < -0.3 is 15.7 Å². The summed E-state index contributed by atoms with van der Waals surface area (Å²) in [5.74, 6) is -0.562. The highest BCUT2D eigenvalue weighted by Gasteiger charge is 2.05. The zero-order chi connectivity index (χ0) is 14.3. The summed E-state index contributed by atoms with van der Waals surface area (Å²) in [5, 5.41) is 14.3. The first-order valence-corrected chi connectivity index (χ1v) is 5.94. The van der Waals surface area contributed by atoms with Crippen LogP contribution in [0.4, 0.5) is 10.1 Å². The number of rotatable bonds is 6. The number of halogens is 1. The summed E-state index contributed by atoms with van der Waals surface area (Å²) in [7, 11) is 0. The van der Waals surface area contributed by atoms with Gasteiger partial charge in [-0.25, -0.2) is 4.39 Å². The molecule has 0 aromatic heterocycles. The van der Waals surface area contributed by atoms with Crippen molar-refractivity contribution in [3.63, 3.8) is 0 Å². The average molecular weight is 278 g/mol. The van der Waals surface area contributed by atoms with Crippen molar-refractivity contribution in [2.24, 2.45) is 0 Å². The lowest BCUT2D eigenvalue weighted by atomic mass is 10.1. The summed E-state index contributed by atoms with van der Waals surface area (Å²) in [4.78, 5) is 0.415. The van der Waals surface area contributed by atoms with E-state index in [0.29, 0.717) is 4.99 Å². The van der Waals surface area contributed by atoms with Gasteiger partial charge in [0, 0.05) is 11.3 Å². The van der Waals surface area contributed by atoms with Gasteiger partial charge in [-0.2, -0.15) is 0 Å². The second kappa shape index (κ2) is 7.33. The lowest BCUT2D eigenvalue weighted by Crippen LogP contribution is -2.26. The monoisotopic (exact) mass is 278 g/mol. The minimum atomic E-state index is -0.562. The Bertz CT molecular complexity index is 526. The quantitative estimate of drug-likeness (QED) is 0.549. The van der Waals surface area contributed by atoms with Gasteiger partial charge in [-0.15, -0.1) is 0 Å². The molecule has 100 valence electrons. The molecular weight excluding hydrogens is 263 g/mol. The van der Waals surface area contributed by atoms with Crippen molar-refractivity contribution in [1.29, 1.82) is 0 Å². The molecule has 0 amide bonds. The molecule has 19 heavy (non-hydrogen) atoms. The van der Waals surface area contributed by atoms with E-state index in [9.17, 15) is 4.39 Å². The lowest BCUT2D eigenvalue weighted by molar-refractivity contribution is 0.357. The molecule has 0 aliphatic rings. The maximum Gasteiger partial charge on any atom is 0.213 e. The molecule has 0 fully saturated rings. The number of anilines is 1. The number of hydrogen-bond acceptors (Lipinski definition) is 3. The minimum absolute atomic E-state index is 0.0656. The van der Waals surface area contributed by atoms with E-state index in [1.54, 1.807) is 12.2 Å². The van der Waals surface area contributed by atoms with E-state index < -0.39 is 5.88 Å². The number of benzene rings is 1. The van der Waals surface area contributed by atoms with Crippen LogP contribution >= 0.6 is 12.2 Å². The first-order chi connectivity index (χ1) is 9.12. The Morgan fingerprint density at radius 2 is 2.11 bits per heavy atom. The summed E-state index contributed by atoms with van der Waals surface area (Å²) in [6, 6.07) is 5.62. The minimum Gasteiger partial charge on any atom is -0.493 e. The zero-order valence-electron chi connectivity index (χ0n) is 10.3. The molecule has 0 unspecified atom stereocenters. The summed E-state index contributed by atoms with van der Waals surface area (Å²) in [6.45, 7) is 7.60. The number of nitrogens with one attached hydrogen (secondary N) is 2. The number of thiocarbonyl (C=S) groups is 1. The summed E-state index contributed by atoms with van der Waals surface area (Å²) in [5.41, 5.74) is 2.59. The van der Waals surface area contributed by atoms with Crippen LogP contribution in [0, 0.1) is 0 Å². The highest BCUT2D eigenvalue weighted by molar-refractivity contribution is 7.80. The smallest absolute Gasteiger partial charge is 0.213 e. The third-order valence-electron chi connectivity index (χ3n) is 2.37. The lowest BCUT2D eigenvalue weighted by Gasteiger charge is -2.13. The molecule has 0 saturated heterocycles. The summed E-state index contributed by atoms with van der Waals surface area (Å²) < 4.78 is 11.9. The van der Waals surface area contributed by atoms with Crippen molar-refractivity contribution in [2.75, 3.05) is 11.9 Å². The number of hydrogen-bond donors (Lipinski definition) is 3. The van der Waals surface area contributed by atoms with Crippen LogP contribution in [-0.4, -0.2) is 16.6 Å². The molecule has 0 atom stereocenters. The fraction of sp³-hybridized carbons (Fsp3) is 0.0714. The molecule has 0 aliphatic carbocycles. The molecule has 0 aliphatic heterocycles. The average Bonchev–Trinajstić information content (AvgIpc) is 2.44. The van der Waals surface area contributed by atoms with Crippen molar-refractivity contribution >= 4 is 35.0 Å². The second-order valence-corrected chi connectivity index (χ2v) is 4.11. The molecule has 1 aromatic rings. The highest BCUT2D eigenvalue weighted by Crippen LogP contribution is 2.22. The SMILES string of the molecule is C=Cc1cccc(NC(=S)CN/C(O)=C/F)c1C=C. The van der Waals surface area contributed by atoms with Crippen LogP contribution in [0.2, 0.25) is 0 Å². The van der Waals surface area contributed by atoms with Gasteiger partial charge in [0.15, 0.2) is 0 Å². The summed E-state index contributed by atoms with van der Waals surface area (Å²) >= 11 is 5.09. The fourth-order valence-electron chi connectivity index (χ4n) is 1.50. The second-order valence-electron chi connectivity index (χ2n) is 3.61. The van der Waals surface area contributed by atoms with Crippen molar-refractivity contribution in [3.8, 4) is 0 Å². The molecule has 0 spiro atoms. The molecule has 0 radical (unpaired) electrons. The van der Waals surface area contributed by atoms with Crippen LogP contribution in [-0.2, 0) is 0 Å². The first kappa shape index (κ1) is 14.9. The van der Waals surface area contributed by atoms with Crippen LogP contribution in [0.1, 0.15) is 11.1 Å². The van der Waals surface area contributed by atoms with Crippen LogP contribution < -0.4 is 10.6 Å². The standard InChI is InChI=1S/C14H15FN2OS/c1-3-10-6-5-7-12(11(10)4-2)17-14(19)9-16-13(18)8-15/h3-8,16,18H,1-2,9H2,(H,17,19)/b13-8-. The topological polar surface area (TPSA) is 44.3 Å².